The number of nitrogens with one attached hydrogen (secondary N) is 1. The zero-order valence-corrected chi connectivity index (χ0v) is 20.2. The number of aryl methyl sites for hydroxylation is 2. The van der Waals surface area contributed by atoms with E-state index in [0.29, 0.717) is 5.56 Å². The van der Waals surface area contributed by atoms with Crippen LogP contribution in [0.5, 0.6) is 0 Å². The highest BCUT2D eigenvalue weighted by atomic mass is 79.9. The molecule has 0 bridgehead atoms. The summed E-state index contributed by atoms with van der Waals surface area (Å²) in [6.07, 6.45) is 6.17. The second kappa shape index (κ2) is 8.41. The molecule has 33 heavy (non-hydrogen) atoms. The van der Waals surface area contributed by atoms with E-state index in [1.807, 2.05) is 61.5 Å². The lowest BCUT2D eigenvalue weighted by Crippen LogP contribution is -2.14. The van der Waals surface area contributed by atoms with Crippen molar-refractivity contribution >= 4 is 44.4 Å². The Labute approximate surface area is 201 Å². The van der Waals surface area contributed by atoms with Crippen LogP contribution in [0.15, 0.2) is 88.6 Å². The van der Waals surface area contributed by atoms with Crippen molar-refractivity contribution in [2.24, 2.45) is 0 Å². The molecular formula is C28H23BrN2O2. The van der Waals surface area contributed by atoms with Gasteiger partial charge in [0.1, 0.15) is 5.76 Å². The molecule has 0 fully saturated rings. The van der Waals surface area contributed by atoms with E-state index >= 15 is 0 Å². The Morgan fingerprint density at radius 2 is 1.79 bits per heavy atom. The van der Waals surface area contributed by atoms with E-state index in [2.05, 4.69) is 52.1 Å². The van der Waals surface area contributed by atoms with Crippen LogP contribution >= 0.6 is 15.9 Å². The van der Waals surface area contributed by atoms with Gasteiger partial charge in [-0.3, -0.25) is 9.36 Å². The number of aromatic nitrogens is 2. The number of halogens is 1. The summed E-state index contributed by atoms with van der Waals surface area (Å²) in [4.78, 5) is 17.0. The quantitative estimate of drug-likeness (QED) is 0.327. The molecule has 0 spiro atoms. The molecule has 1 aliphatic rings. The summed E-state index contributed by atoms with van der Waals surface area (Å²) in [6.45, 7) is 4.13. The van der Waals surface area contributed by atoms with Crippen molar-refractivity contribution < 1.29 is 9.53 Å². The van der Waals surface area contributed by atoms with Crippen molar-refractivity contribution in [2.75, 3.05) is 7.11 Å². The van der Waals surface area contributed by atoms with E-state index in [1.165, 1.54) is 5.56 Å². The molecule has 0 atom stereocenters. The molecule has 5 heteroatoms. The molecule has 0 saturated heterocycles. The summed E-state index contributed by atoms with van der Waals surface area (Å²) in [5, 5.41) is 1.01. The summed E-state index contributed by atoms with van der Waals surface area (Å²) in [5.74, 6) is 0.699. The van der Waals surface area contributed by atoms with Gasteiger partial charge in [0.15, 0.2) is 0 Å². The van der Waals surface area contributed by atoms with E-state index in [1.54, 1.807) is 11.7 Å². The van der Waals surface area contributed by atoms with Crippen molar-refractivity contribution in [3.05, 3.63) is 117 Å². The monoisotopic (exact) mass is 498 g/mol. The Balaban J connectivity index is 1.66. The van der Waals surface area contributed by atoms with Gasteiger partial charge in [-0.15, -0.1) is 0 Å². The number of para-hydroxylation sites is 1. The Morgan fingerprint density at radius 1 is 1.03 bits per heavy atom. The van der Waals surface area contributed by atoms with E-state index in [-0.39, 0.29) is 5.91 Å². The minimum absolute atomic E-state index is 0.0692. The molecule has 0 amide bonds. The van der Waals surface area contributed by atoms with Crippen LogP contribution < -0.4 is 0 Å². The summed E-state index contributed by atoms with van der Waals surface area (Å²) in [6, 6.07) is 19.6. The maximum Gasteiger partial charge on any atom is 0.262 e. The van der Waals surface area contributed by atoms with Crippen LogP contribution in [0.4, 0.5) is 0 Å². The van der Waals surface area contributed by atoms with E-state index in [0.717, 1.165) is 49.4 Å². The number of hydrogen-bond donors (Lipinski definition) is 1. The fourth-order valence-electron chi connectivity index (χ4n) is 4.30. The van der Waals surface area contributed by atoms with E-state index in [9.17, 15) is 4.79 Å². The average Bonchev–Trinajstić information content (AvgIpc) is 3.48. The predicted molar refractivity (Wildman–Crippen MR) is 137 cm³/mol. The molecule has 0 saturated carbocycles. The van der Waals surface area contributed by atoms with Crippen LogP contribution in [0.3, 0.4) is 0 Å². The maximum absolute atomic E-state index is 13.6. The normalized spacial score (nSPS) is 14.6. The molecule has 1 N–H and O–H groups in total. The highest BCUT2D eigenvalue weighted by Gasteiger charge is 2.23. The van der Waals surface area contributed by atoms with Gasteiger partial charge in [-0.2, -0.15) is 0 Å². The van der Waals surface area contributed by atoms with E-state index in [4.69, 9.17) is 4.74 Å². The SMILES string of the molecule is COC1=CC(c2cc3ccccc3n2C(=O)c2ccc(Br)cc2)=CC1=Cc1[nH]c(C)cc1C. The van der Waals surface area contributed by atoms with Crippen LogP contribution in [-0.4, -0.2) is 22.6 Å². The van der Waals surface area contributed by atoms with Gasteiger partial charge < -0.3 is 9.72 Å². The number of methoxy groups -OCH3 is 1. The summed E-state index contributed by atoms with van der Waals surface area (Å²) in [7, 11) is 1.67. The lowest BCUT2D eigenvalue weighted by Gasteiger charge is -2.10. The zero-order chi connectivity index (χ0) is 23.1. The number of fused-ring (bicyclic) bond motifs is 1. The van der Waals surface area contributed by atoms with Gasteiger partial charge in [-0.25, -0.2) is 0 Å². The first-order valence-electron chi connectivity index (χ1n) is 10.7. The number of benzene rings is 2. The molecule has 4 aromatic rings. The van der Waals surface area contributed by atoms with Gasteiger partial charge >= 0.3 is 0 Å². The number of hydrogen-bond acceptors (Lipinski definition) is 2. The van der Waals surface area contributed by atoms with Crippen LogP contribution in [0.2, 0.25) is 0 Å². The average molecular weight is 499 g/mol. The maximum atomic E-state index is 13.6. The highest BCUT2D eigenvalue weighted by Crippen LogP contribution is 2.35. The van der Waals surface area contributed by atoms with Crippen LogP contribution in [0.1, 0.15) is 33.0 Å². The molecular weight excluding hydrogens is 476 g/mol. The number of ether oxygens (including phenoxy) is 1. The minimum atomic E-state index is -0.0692. The fourth-order valence-corrected chi connectivity index (χ4v) is 4.57. The zero-order valence-electron chi connectivity index (χ0n) is 18.6. The molecule has 4 nitrogen and oxygen atoms in total. The molecule has 1 aliphatic carbocycles. The summed E-state index contributed by atoms with van der Waals surface area (Å²) in [5.41, 5.74) is 7.58. The number of allylic oxidation sites excluding steroid dienone is 3. The largest absolute Gasteiger partial charge is 0.496 e. The number of aromatic amines is 1. The fraction of sp³-hybridized carbons (Fsp3) is 0.107. The van der Waals surface area contributed by atoms with Gasteiger partial charge in [0, 0.05) is 38.0 Å². The van der Waals surface area contributed by atoms with Gasteiger partial charge in [0.05, 0.1) is 18.3 Å². The summed E-state index contributed by atoms with van der Waals surface area (Å²) >= 11 is 3.45. The number of carbonyl (C=O) groups is 1. The van der Waals surface area contributed by atoms with Crippen molar-refractivity contribution in [3.8, 4) is 0 Å². The third kappa shape index (κ3) is 3.89. The number of H-pyrrole nitrogens is 1. The first-order chi connectivity index (χ1) is 15.9. The van der Waals surface area contributed by atoms with Crippen LogP contribution in [0, 0.1) is 13.8 Å². The topological polar surface area (TPSA) is 47.0 Å². The Hall–Kier alpha value is -3.57. The van der Waals surface area contributed by atoms with Crippen molar-refractivity contribution in [2.45, 2.75) is 13.8 Å². The third-order valence-corrected chi connectivity index (χ3v) is 6.42. The van der Waals surface area contributed by atoms with Gasteiger partial charge in [0.25, 0.3) is 5.91 Å². The number of nitrogens with zero attached hydrogens (tertiary/aromatic N) is 1. The Morgan fingerprint density at radius 3 is 2.48 bits per heavy atom. The van der Waals surface area contributed by atoms with Gasteiger partial charge in [0.2, 0.25) is 0 Å². The van der Waals surface area contributed by atoms with Gasteiger partial charge in [-0.05, 0) is 80.1 Å². The van der Waals surface area contributed by atoms with Crippen molar-refractivity contribution in [1.82, 2.24) is 9.55 Å². The Kier molecular flexibility index (Phi) is 5.43. The molecule has 2 aromatic heterocycles. The van der Waals surface area contributed by atoms with Crippen LogP contribution in [-0.2, 0) is 4.74 Å². The first-order valence-corrected chi connectivity index (χ1v) is 11.5. The molecule has 0 aliphatic heterocycles. The number of rotatable bonds is 4. The van der Waals surface area contributed by atoms with Crippen molar-refractivity contribution in [3.63, 3.8) is 0 Å². The lowest BCUT2D eigenvalue weighted by atomic mass is 10.1. The summed E-state index contributed by atoms with van der Waals surface area (Å²) < 4.78 is 8.42. The second-order valence-electron chi connectivity index (χ2n) is 8.20. The molecule has 0 unspecified atom stereocenters. The van der Waals surface area contributed by atoms with Gasteiger partial charge in [-0.1, -0.05) is 34.1 Å². The smallest absolute Gasteiger partial charge is 0.262 e. The highest BCUT2D eigenvalue weighted by molar-refractivity contribution is 9.10. The van der Waals surface area contributed by atoms with E-state index < -0.39 is 0 Å². The second-order valence-corrected chi connectivity index (χ2v) is 9.11. The predicted octanol–water partition coefficient (Wildman–Crippen LogP) is 7.05. The molecule has 0 radical (unpaired) electrons. The first kappa shape index (κ1) is 21.3. The Bertz CT molecular complexity index is 1480. The minimum Gasteiger partial charge on any atom is -0.496 e. The number of carbonyl (C=O) groups excluding carboxylic acids is 1. The molecule has 5 rings (SSSR count). The van der Waals surface area contributed by atoms with Crippen LogP contribution in [0.25, 0.3) is 22.6 Å². The third-order valence-electron chi connectivity index (χ3n) is 5.89. The lowest BCUT2D eigenvalue weighted by molar-refractivity contribution is 0.0964. The van der Waals surface area contributed by atoms with Crippen molar-refractivity contribution in [1.29, 1.82) is 0 Å². The molecule has 2 heterocycles. The molecule has 2 aromatic carbocycles. The standard InChI is InChI=1S/C28H23BrN2O2/c1-17-12-18(2)30-24(17)14-22-13-21(16-27(22)33-3)26-15-20-6-4-5-7-25(20)31(26)28(32)19-8-10-23(29)11-9-19/h4-16,30H,1-3H3. The molecule has 164 valence electrons.